The first kappa shape index (κ1) is 16.0. The Balaban J connectivity index is 2.00. The van der Waals surface area contributed by atoms with Gasteiger partial charge in [-0.2, -0.15) is 0 Å². The van der Waals surface area contributed by atoms with Gasteiger partial charge in [0.1, 0.15) is 0 Å². The monoisotopic (exact) mass is 290 g/mol. The van der Waals surface area contributed by atoms with Gasteiger partial charge in [0.05, 0.1) is 0 Å². The van der Waals surface area contributed by atoms with Crippen molar-refractivity contribution in [3.63, 3.8) is 0 Å². The van der Waals surface area contributed by atoms with E-state index in [9.17, 15) is 9.90 Å². The minimum Gasteiger partial charge on any atom is -0.479 e. The average molecular weight is 290 g/mol. The highest BCUT2D eigenvalue weighted by atomic mass is 16.4. The molecular weight excluding hydrogens is 264 g/mol. The second-order valence-electron chi connectivity index (χ2n) is 7.32. The van der Waals surface area contributed by atoms with Crippen molar-refractivity contribution in [3.8, 4) is 0 Å². The molecule has 1 saturated carbocycles. The first-order valence-electron chi connectivity index (χ1n) is 7.79. The molecule has 116 valence electrons. The predicted octanol–water partition coefficient (Wildman–Crippen LogP) is 4.12. The zero-order valence-corrected chi connectivity index (χ0v) is 13.2. The number of aliphatic hydroxyl groups is 1. The van der Waals surface area contributed by atoms with Gasteiger partial charge in [-0.1, -0.05) is 45.0 Å². The molecule has 1 aliphatic carbocycles. The Morgan fingerprint density at radius 1 is 1.10 bits per heavy atom. The lowest BCUT2D eigenvalue weighted by Crippen LogP contribution is -2.25. The van der Waals surface area contributed by atoms with E-state index in [1.165, 1.54) is 31.2 Å². The molecule has 1 aromatic carbocycles. The number of benzene rings is 1. The Morgan fingerprint density at radius 3 is 2.05 bits per heavy atom. The number of hydrogen-bond acceptors (Lipinski definition) is 2. The van der Waals surface area contributed by atoms with Gasteiger partial charge in [-0.05, 0) is 54.1 Å². The summed E-state index contributed by atoms with van der Waals surface area (Å²) < 4.78 is 0. The highest BCUT2D eigenvalue weighted by molar-refractivity contribution is 5.73. The highest BCUT2D eigenvalue weighted by Crippen LogP contribution is 2.43. The number of aliphatic carboxylic acids is 1. The van der Waals surface area contributed by atoms with Crippen LogP contribution in [0.15, 0.2) is 24.3 Å². The van der Waals surface area contributed by atoms with Crippen molar-refractivity contribution >= 4 is 5.97 Å². The first-order chi connectivity index (χ1) is 9.79. The SMILES string of the molecule is CC(C)(C)C1CCC(c2ccc(C(O)C(=O)O)cc2)CC1. The molecule has 3 heteroatoms. The Kier molecular flexibility index (Phi) is 4.72. The second-order valence-corrected chi connectivity index (χ2v) is 7.32. The summed E-state index contributed by atoms with van der Waals surface area (Å²) in [6.45, 7) is 6.96. The van der Waals surface area contributed by atoms with Gasteiger partial charge in [0.15, 0.2) is 6.10 Å². The van der Waals surface area contributed by atoms with Gasteiger partial charge in [0.2, 0.25) is 0 Å². The fourth-order valence-corrected chi connectivity index (χ4v) is 3.39. The zero-order chi connectivity index (χ0) is 15.6. The van der Waals surface area contributed by atoms with Crippen LogP contribution >= 0.6 is 0 Å². The quantitative estimate of drug-likeness (QED) is 0.880. The fraction of sp³-hybridized carbons (Fsp3) is 0.611. The van der Waals surface area contributed by atoms with Crippen LogP contribution < -0.4 is 0 Å². The summed E-state index contributed by atoms with van der Waals surface area (Å²) in [6.07, 6.45) is 3.49. The van der Waals surface area contributed by atoms with Crippen molar-refractivity contribution in [2.24, 2.45) is 11.3 Å². The van der Waals surface area contributed by atoms with Crippen LogP contribution in [0, 0.1) is 11.3 Å². The molecule has 0 aliphatic heterocycles. The van der Waals surface area contributed by atoms with Crippen LogP contribution in [-0.4, -0.2) is 16.2 Å². The maximum Gasteiger partial charge on any atom is 0.337 e. The lowest BCUT2D eigenvalue weighted by atomic mass is 9.68. The van der Waals surface area contributed by atoms with Gasteiger partial charge in [-0.3, -0.25) is 0 Å². The molecule has 1 aromatic rings. The van der Waals surface area contributed by atoms with E-state index in [1.54, 1.807) is 12.1 Å². The van der Waals surface area contributed by atoms with Crippen molar-refractivity contribution in [1.29, 1.82) is 0 Å². The average Bonchev–Trinajstić information content (AvgIpc) is 2.46. The minimum atomic E-state index is -1.42. The highest BCUT2D eigenvalue weighted by Gasteiger charge is 2.30. The molecule has 1 aliphatic rings. The predicted molar refractivity (Wildman–Crippen MR) is 83.2 cm³/mol. The molecule has 0 bridgehead atoms. The molecule has 2 N–H and O–H groups in total. The number of carboxylic acid groups (broad SMARTS) is 1. The van der Waals surface area contributed by atoms with E-state index in [0.717, 1.165) is 5.92 Å². The van der Waals surface area contributed by atoms with Gasteiger partial charge in [0, 0.05) is 0 Å². The molecule has 0 heterocycles. The van der Waals surface area contributed by atoms with Gasteiger partial charge in [0.25, 0.3) is 0 Å². The van der Waals surface area contributed by atoms with Crippen molar-refractivity contribution in [2.75, 3.05) is 0 Å². The Morgan fingerprint density at radius 2 is 1.62 bits per heavy atom. The molecule has 1 unspecified atom stereocenters. The topological polar surface area (TPSA) is 57.5 Å². The van der Waals surface area contributed by atoms with E-state index in [2.05, 4.69) is 20.8 Å². The number of rotatable bonds is 3. The van der Waals surface area contributed by atoms with Crippen LogP contribution in [0.1, 0.15) is 69.6 Å². The summed E-state index contributed by atoms with van der Waals surface area (Å²) in [5.74, 6) is 0.162. The standard InChI is InChI=1S/C18H26O3/c1-18(2,3)15-10-8-13(9-11-15)12-4-6-14(7-5-12)16(19)17(20)21/h4-7,13,15-16,19H,8-11H2,1-3H3,(H,20,21). The summed E-state index contributed by atoms with van der Waals surface area (Å²) in [7, 11) is 0. The molecule has 21 heavy (non-hydrogen) atoms. The van der Waals surface area contributed by atoms with Crippen LogP contribution in [0.4, 0.5) is 0 Å². The van der Waals surface area contributed by atoms with E-state index in [-0.39, 0.29) is 0 Å². The van der Waals surface area contributed by atoms with Gasteiger partial charge in [-0.25, -0.2) is 4.79 Å². The van der Waals surface area contributed by atoms with Gasteiger partial charge < -0.3 is 10.2 Å². The largest absolute Gasteiger partial charge is 0.479 e. The Bertz CT molecular complexity index is 476. The normalized spacial score (nSPS) is 24.6. The summed E-state index contributed by atoms with van der Waals surface area (Å²) in [5.41, 5.74) is 2.11. The molecule has 1 fully saturated rings. The third-order valence-electron chi connectivity index (χ3n) is 4.91. The fourth-order valence-electron chi connectivity index (χ4n) is 3.39. The Hall–Kier alpha value is -1.35. The zero-order valence-electron chi connectivity index (χ0n) is 13.2. The summed E-state index contributed by atoms with van der Waals surface area (Å²) >= 11 is 0. The molecule has 0 spiro atoms. The van der Waals surface area contributed by atoms with E-state index in [0.29, 0.717) is 16.9 Å². The summed E-state index contributed by atoms with van der Waals surface area (Å²) in [4.78, 5) is 10.8. The van der Waals surface area contributed by atoms with Crippen molar-refractivity contribution in [1.82, 2.24) is 0 Å². The van der Waals surface area contributed by atoms with Crippen molar-refractivity contribution < 1.29 is 15.0 Å². The third-order valence-corrected chi connectivity index (χ3v) is 4.91. The lowest BCUT2D eigenvalue weighted by Gasteiger charge is -2.37. The summed E-state index contributed by atoms with van der Waals surface area (Å²) in [6, 6.07) is 7.43. The molecular formula is C18H26O3. The van der Waals surface area contributed by atoms with Crippen molar-refractivity contribution in [2.45, 2.75) is 58.5 Å². The van der Waals surface area contributed by atoms with Crippen LogP contribution in [0.25, 0.3) is 0 Å². The molecule has 0 amide bonds. The molecule has 0 aromatic heterocycles. The van der Waals surface area contributed by atoms with E-state index >= 15 is 0 Å². The lowest BCUT2D eigenvalue weighted by molar-refractivity contribution is -0.146. The van der Waals surface area contributed by atoms with Crippen LogP contribution in [0.2, 0.25) is 0 Å². The number of hydrogen-bond donors (Lipinski definition) is 2. The Labute approximate surface area is 127 Å². The maximum atomic E-state index is 10.8. The van der Waals surface area contributed by atoms with Gasteiger partial charge in [-0.15, -0.1) is 0 Å². The second kappa shape index (κ2) is 6.18. The van der Waals surface area contributed by atoms with Crippen molar-refractivity contribution in [3.05, 3.63) is 35.4 Å². The smallest absolute Gasteiger partial charge is 0.337 e. The number of carbonyl (C=O) groups is 1. The minimum absolute atomic E-state index is 0.389. The first-order valence-corrected chi connectivity index (χ1v) is 7.79. The molecule has 2 rings (SSSR count). The number of aliphatic hydroxyl groups excluding tert-OH is 1. The molecule has 3 nitrogen and oxygen atoms in total. The van der Waals surface area contributed by atoms with Crippen LogP contribution in [0.5, 0.6) is 0 Å². The van der Waals surface area contributed by atoms with E-state index in [1.807, 2.05) is 12.1 Å². The number of carboxylic acids is 1. The maximum absolute atomic E-state index is 10.8. The van der Waals surface area contributed by atoms with E-state index in [4.69, 9.17) is 5.11 Å². The van der Waals surface area contributed by atoms with Gasteiger partial charge >= 0.3 is 5.97 Å². The van der Waals surface area contributed by atoms with Crippen LogP contribution in [0.3, 0.4) is 0 Å². The van der Waals surface area contributed by atoms with E-state index < -0.39 is 12.1 Å². The van der Waals surface area contributed by atoms with Crippen LogP contribution in [-0.2, 0) is 4.79 Å². The molecule has 1 atom stereocenters. The molecule has 0 radical (unpaired) electrons. The molecule has 0 saturated heterocycles. The summed E-state index contributed by atoms with van der Waals surface area (Å²) in [5, 5.41) is 18.3. The third kappa shape index (κ3) is 3.85.